The molecule has 1 aromatic rings. The van der Waals surface area contributed by atoms with Crippen molar-refractivity contribution in [3.8, 4) is 0 Å². The molecule has 1 aliphatic rings. The summed E-state index contributed by atoms with van der Waals surface area (Å²) in [5.41, 5.74) is 0. The maximum atomic E-state index is 11.9. The standard InChI is InChI=1S/C13H19BrN4O2/c14-11-9-15-13(16-10-11)18-6-4-17(5-7-18)12(20)3-1-2-8-19/h9-10,19H,1-8H2. The number of hydrogen-bond donors (Lipinski definition) is 1. The number of anilines is 1. The summed E-state index contributed by atoms with van der Waals surface area (Å²) >= 11 is 3.31. The summed E-state index contributed by atoms with van der Waals surface area (Å²) in [6, 6.07) is 0. The molecule has 0 radical (unpaired) electrons. The maximum absolute atomic E-state index is 11.9. The zero-order chi connectivity index (χ0) is 14.4. The van der Waals surface area contributed by atoms with Crippen LogP contribution in [0.4, 0.5) is 5.95 Å². The number of aromatic nitrogens is 2. The van der Waals surface area contributed by atoms with Gasteiger partial charge in [-0.15, -0.1) is 0 Å². The first-order valence-electron chi connectivity index (χ1n) is 6.82. The fraction of sp³-hybridized carbons (Fsp3) is 0.615. The minimum Gasteiger partial charge on any atom is -0.396 e. The molecule has 7 heteroatoms. The van der Waals surface area contributed by atoms with Gasteiger partial charge in [0.1, 0.15) is 0 Å². The molecule has 6 nitrogen and oxygen atoms in total. The maximum Gasteiger partial charge on any atom is 0.225 e. The Morgan fingerprint density at radius 1 is 1.20 bits per heavy atom. The number of carbonyl (C=O) groups is 1. The molecule has 1 saturated heterocycles. The summed E-state index contributed by atoms with van der Waals surface area (Å²) in [6.45, 7) is 3.08. The summed E-state index contributed by atoms with van der Waals surface area (Å²) in [5, 5.41) is 8.72. The topological polar surface area (TPSA) is 69.6 Å². The lowest BCUT2D eigenvalue weighted by atomic mass is 10.2. The number of rotatable bonds is 5. The van der Waals surface area contributed by atoms with Crippen molar-refractivity contribution in [3.63, 3.8) is 0 Å². The minimum absolute atomic E-state index is 0.155. The van der Waals surface area contributed by atoms with Crippen molar-refractivity contribution in [1.82, 2.24) is 14.9 Å². The summed E-state index contributed by atoms with van der Waals surface area (Å²) in [7, 11) is 0. The Morgan fingerprint density at radius 2 is 1.85 bits per heavy atom. The van der Waals surface area contributed by atoms with E-state index in [1.165, 1.54) is 0 Å². The van der Waals surface area contributed by atoms with Crippen LogP contribution in [0.1, 0.15) is 19.3 Å². The Kier molecular flexibility index (Phi) is 5.72. The number of hydrogen-bond acceptors (Lipinski definition) is 5. The summed E-state index contributed by atoms with van der Waals surface area (Å²) in [6.07, 6.45) is 5.43. The lowest BCUT2D eigenvalue weighted by molar-refractivity contribution is -0.131. The third-order valence-corrected chi connectivity index (χ3v) is 3.73. The molecule has 0 bridgehead atoms. The molecule has 1 amide bonds. The molecule has 0 atom stereocenters. The Bertz CT molecular complexity index is 433. The predicted octanol–water partition coefficient (Wildman–Crippen LogP) is 1.05. The highest BCUT2D eigenvalue weighted by atomic mass is 79.9. The number of unbranched alkanes of at least 4 members (excludes halogenated alkanes) is 1. The Morgan fingerprint density at radius 3 is 2.45 bits per heavy atom. The molecule has 2 rings (SSSR count). The number of nitrogens with zero attached hydrogens (tertiary/aromatic N) is 4. The van der Waals surface area contributed by atoms with E-state index in [2.05, 4.69) is 30.8 Å². The zero-order valence-corrected chi connectivity index (χ0v) is 12.9. The van der Waals surface area contributed by atoms with Gasteiger partial charge in [0.05, 0.1) is 4.47 Å². The molecular weight excluding hydrogens is 324 g/mol. The van der Waals surface area contributed by atoms with Crippen LogP contribution in [0.15, 0.2) is 16.9 Å². The molecule has 0 aromatic carbocycles. The third-order valence-electron chi connectivity index (χ3n) is 3.32. The Hall–Kier alpha value is -1.21. The lowest BCUT2D eigenvalue weighted by Crippen LogP contribution is -2.49. The van der Waals surface area contributed by atoms with E-state index in [1.807, 2.05) is 4.90 Å². The molecule has 0 saturated carbocycles. The van der Waals surface area contributed by atoms with Gasteiger partial charge >= 0.3 is 0 Å². The average molecular weight is 343 g/mol. The molecule has 1 fully saturated rings. The molecule has 20 heavy (non-hydrogen) atoms. The van der Waals surface area contributed by atoms with E-state index in [4.69, 9.17) is 5.11 Å². The number of aliphatic hydroxyl groups excluding tert-OH is 1. The predicted molar refractivity (Wildman–Crippen MR) is 79.5 cm³/mol. The highest BCUT2D eigenvalue weighted by Gasteiger charge is 2.21. The summed E-state index contributed by atoms with van der Waals surface area (Å²) in [4.78, 5) is 24.5. The number of carbonyl (C=O) groups excluding carboxylic acids is 1. The van der Waals surface area contributed by atoms with Crippen LogP contribution in [0.25, 0.3) is 0 Å². The van der Waals surface area contributed by atoms with Crippen molar-refractivity contribution >= 4 is 27.8 Å². The van der Waals surface area contributed by atoms with Crippen molar-refractivity contribution < 1.29 is 9.90 Å². The number of amides is 1. The highest BCUT2D eigenvalue weighted by molar-refractivity contribution is 9.10. The summed E-state index contributed by atoms with van der Waals surface area (Å²) < 4.78 is 0.860. The van der Waals surface area contributed by atoms with Crippen LogP contribution in [0.2, 0.25) is 0 Å². The van der Waals surface area contributed by atoms with Gasteiger partial charge in [0.15, 0.2) is 0 Å². The van der Waals surface area contributed by atoms with Crippen LogP contribution in [0.5, 0.6) is 0 Å². The van der Waals surface area contributed by atoms with Gasteiger partial charge in [-0.2, -0.15) is 0 Å². The van der Waals surface area contributed by atoms with E-state index in [0.717, 1.165) is 24.0 Å². The van der Waals surface area contributed by atoms with Crippen LogP contribution < -0.4 is 4.90 Å². The third kappa shape index (κ3) is 4.14. The van der Waals surface area contributed by atoms with Gasteiger partial charge in [0.25, 0.3) is 0 Å². The molecule has 1 aliphatic heterocycles. The van der Waals surface area contributed by atoms with Crippen LogP contribution >= 0.6 is 15.9 Å². The molecule has 0 unspecified atom stereocenters. The van der Waals surface area contributed by atoms with Crippen molar-refractivity contribution in [2.24, 2.45) is 0 Å². The number of halogens is 1. The van der Waals surface area contributed by atoms with Crippen LogP contribution in [0, 0.1) is 0 Å². The van der Waals surface area contributed by atoms with E-state index in [0.29, 0.717) is 31.9 Å². The van der Waals surface area contributed by atoms with E-state index >= 15 is 0 Å². The number of aliphatic hydroxyl groups is 1. The van der Waals surface area contributed by atoms with Gasteiger partial charge in [0, 0.05) is 51.6 Å². The van der Waals surface area contributed by atoms with E-state index in [9.17, 15) is 4.79 Å². The second-order valence-corrected chi connectivity index (χ2v) is 5.67. The van der Waals surface area contributed by atoms with Gasteiger partial charge in [0.2, 0.25) is 11.9 Å². The van der Waals surface area contributed by atoms with Crippen LogP contribution in [-0.2, 0) is 4.79 Å². The van der Waals surface area contributed by atoms with Gasteiger partial charge in [-0.1, -0.05) is 0 Å². The van der Waals surface area contributed by atoms with Gasteiger partial charge in [-0.25, -0.2) is 9.97 Å². The Labute approximate surface area is 126 Å². The summed E-state index contributed by atoms with van der Waals surface area (Å²) in [5.74, 6) is 0.885. The van der Waals surface area contributed by atoms with Crippen LogP contribution in [-0.4, -0.2) is 58.7 Å². The van der Waals surface area contributed by atoms with Gasteiger partial charge in [-0.05, 0) is 28.8 Å². The largest absolute Gasteiger partial charge is 0.396 e. The number of piperazine rings is 1. The zero-order valence-electron chi connectivity index (χ0n) is 11.3. The normalized spacial score (nSPS) is 15.5. The highest BCUT2D eigenvalue weighted by Crippen LogP contribution is 2.14. The van der Waals surface area contributed by atoms with Crippen LogP contribution in [0.3, 0.4) is 0 Å². The molecule has 2 heterocycles. The molecule has 0 aliphatic carbocycles. The smallest absolute Gasteiger partial charge is 0.225 e. The quantitative estimate of drug-likeness (QED) is 0.810. The van der Waals surface area contributed by atoms with Crippen molar-refractivity contribution in [2.45, 2.75) is 19.3 Å². The van der Waals surface area contributed by atoms with E-state index < -0.39 is 0 Å². The molecule has 1 aromatic heterocycles. The Balaban J connectivity index is 1.80. The average Bonchev–Trinajstić information content (AvgIpc) is 2.48. The first kappa shape index (κ1) is 15.2. The first-order valence-corrected chi connectivity index (χ1v) is 7.61. The fourth-order valence-electron chi connectivity index (χ4n) is 2.17. The molecule has 0 spiro atoms. The second kappa shape index (κ2) is 7.54. The monoisotopic (exact) mass is 342 g/mol. The first-order chi connectivity index (χ1) is 9.70. The second-order valence-electron chi connectivity index (χ2n) is 4.75. The van der Waals surface area contributed by atoms with Crippen molar-refractivity contribution in [2.75, 3.05) is 37.7 Å². The molecule has 1 N–H and O–H groups in total. The minimum atomic E-state index is 0.155. The lowest BCUT2D eigenvalue weighted by Gasteiger charge is -2.34. The van der Waals surface area contributed by atoms with E-state index in [-0.39, 0.29) is 12.5 Å². The van der Waals surface area contributed by atoms with Crippen molar-refractivity contribution in [3.05, 3.63) is 16.9 Å². The fourth-order valence-corrected chi connectivity index (χ4v) is 2.38. The van der Waals surface area contributed by atoms with Gasteiger partial charge in [-0.3, -0.25) is 4.79 Å². The van der Waals surface area contributed by atoms with Crippen molar-refractivity contribution in [1.29, 1.82) is 0 Å². The van der Waals surface area contributed by atoms with E-state index in [1.54, 1.807) is 12.4 Å². The van der Waals surface area contributed by atoms with Gasteiger partial charge < -0.3 is 14.9 Å². The SMILES string of the molecule is O=C(CCCCO)N1CCN(c2ncc(Br)cn2)CC1. The molecular formula is C13H19BrN4O2. The molecule has 110 valence electrons.